The predicted octanol–water partition coefficient (Wildman–Crippen LogP) is 3.63. The highest BCUT2D eigenvalue weighted by Crippen LogP contribution is 2.30. The number of hydrogen-bond acceptors (Lipinski definition) is 3. The van der Waals surface area contributed by atoms with E-state index in [-0.39, 0.29) is 6.61 Å². The highest BCUT2D eigenvalue weighted by Gasteiger charge is 2.15. The molecule has 4 rings (SSSR count). The van der Waals surface area contributed by atoms with Gasteiger partial charge in [0.2, 0.25) is 0 Å². The van der Waals surface area contributed by atoms with Gasteiger partial charge in [-0.15, -0.1) is 0 Å². The molecule has 2 heterocycles. The van der Waals surface area contributed by atoms with Gasteiger partial charge < -0.3 is 5.11 Å². The predicted molar refractivity (Wildman–Crippen MR) is 98.4 cm³/mol. The molecule has 4 aromatic rings. The van der Waals surface area contributed by atoms with E-state index >= 15 is 0 Å². The molecule has 2 aromatic heterocycles. The molecule has 25 heavy (non-hydrogen) atoms. The third-order valence-corrected chi connectivity index (χ3v) is 4.71. The van der Waals surface area contributed by atoms with E-state index in [1.807, 2.05) is 71.1 Å². The molecule has 0 saturated carbocycles. The molecule has 0 bridgehead atoms. The molecule has 0 saturated heterocycles. The molecule has 0 atom stereocenters. The highest BCUT2D eigenvalue weighted by atomic mass is 35.5. The Labute approximate surface area is 150 Å². The Bertz CT molecular complexity index is 1050. The highest BCUT2D eigenvalue weighted by molar-refractivity contribution is 6.31. The van der Waals surface area contributed by atoms with Crippen molar-refractivity contribution in [1.82, 2.24) is 19.6 Å². The van der Waals surface area contributed by atoms with Crippen molar-refractivity contribution >= 4 is 22.5 Å². The van der Waals surface area contributed by atoms with Crippen molar-refractivity contribution in [3.8, 4) is 11.3 Å². The molecule has 1 N–H and O–H groups in total. The van der Waals surface area contributed by atoms with Crippen LogP contribution in [0.3, 0.4) is 0 Å². The number of aromatic nitrogens is 4. The first-order valence-corrected chi connectivity index (χ1v) is 8.37. The number of aliphatic hydroxyl groups is 1. The maximum atomic E-state index is 9.54. The van der Waals surface area contributed by atoms with Gasteiger partial charge in [0.05, 0.1) is 36.3 Å². The molecule has 0 aliphatic rings. The second-order valence-corrected chi connectivity index (χ2v) is 6.34. The maximum Gasteiger partial charge on any atom is 0.0885 e. The van der Waals surface area contributed by atoms with Crippen LogP contribution in [-0.4, -0.2) is 24.7 Å². The fraction of sp³-hybridized carbons (Fsp3) is 0.158. The summed E-state index contributed by atoms with van der Waals surface area (Å²) in [7, 11) is 1.92. The second kappa shape index (κ2) is 6.35. The van der Waals surface area contributed by atoms with Gasteiger partial charge in [0.25, 0.3) is 0 Å². The Hall–Kier alpha value is -2.63. The molecular weight excluding hydrogens is 336 g/mol. The van der Waals surface area contributed by atoms with E-state index in [1.165, 1.54) is 0 Å². The van der Waals surface area contributed by atoms with Crippen LogP contribution in [0, 0.1) is 0 Å². The Morgan fingerprint density at radius 1 is 1.12 bits per heavy atom. The van der Waals surface area contributed by atoms with Crippen LogP contribution in [0.5, 0.6) is 0 Å². The van der Waals surface area contributed by atoms with Crippen molar-refractivity contribution in [2.75, 3.05) is 0 Å². The molecule has 0 aliphatic carbocycles. The molecule has 6 heteroatoms. The van der Waals surface area contributed by atoms with Crippen molar-refractivity contribution < 1.29 is 5.11 Å². The molecule has 2 aromatic carbocycles. The summed E-state index contributed by atoms with van der Waals surface area (Å²) in [5.41, 5.74) is 4.63. The van der Waals surface area contributed by atoms with E-state index in [2.05, 4.69) is 10.2 Å². The van der Waals surface area contributed by atoms with Gasteiger partial charge in [-0.25, -0.2) is 0 Å². The van der Waals surface area contributed by atoms with Crippen LogP contribution in [0.15, 0.2) is 54.7 Å². The second-order valence-electron chi connectivity index (χ2n) is 5.93. The first-order valence-electron chi connectivity index (χ1n) is 7.99. The number of benzene rings is 2. The molecule has 0 aliphatic heterocycles. The van der Waals surface area contributed by atoms with Gasteiger partial charge in [0, 0.05) is 23.0 Å². The maximum absolute atomic E-state index is 9.54. The first kappa shape index (κ1) is 15.9. The zero-order valence-corrected chi connectivity index (χ0v) is 14.5. The molecular formula is C19H17ClN4O. The number of rotatable bonds is 4. The average Bonchev–Trinajstić information content (AvgIpc) is 3.21. The van der Waals surface area contributed by atoms with Crippen molar-refractivity contribution in [1.29, 1.82) is 0 Å². The van der Waals surface area contributed by atoms with Crippen LogP contribution < -0.4 is 0 Å². The van der Waals surface area contributed by atoms with Gasteiger partial charge in [-0.1, -0.05) is 41.9 Å². The third-order valence-electron chi connectivity index (χ3n) is 4.34. The van der Waals surface area contributed by atoms with E-state index in [0.29, 0.717) is 17.3 Å². The summed E-state index contributed by atoms with van der Waals surface area (Å²) < 4.78 is 3.73. The Morgan fingerprint density at radius 3 is 2.76 bits per heavy atom. The number of fused-ring (bicyclic) bond motifs is 1. The molecule has 0 amide bonds. The smallest absolute Gasteiger partial charge is 0.0885 e. The Balaban J connectivity index is 1.87. The number of nitrogens with zero attached hydrogens (tertiary/aromatic N) is 4. The molecule has 0 spiro atoms. The van der Waals surface area contributed by atoms with Crippen LogP contribution in [0.1, 0.15) is 11.3 Å². The SMILES string of the molecule is Cn1ncc2c(-c3cc(CO)nn3Cc3ccccc3Cl)cccc21. The fourth-order valence-electron chi connectivity index (χ4n) is 3.07. The largest absolute Gasteiger partial charge is 0.390 e. The lowest BCUT2D eigenvalue weighted by Crippen LogP contribution is -2.05. The first-order chi connectivity index (χ1) is 12.2. The minimum absolute atomic E-state index is 0.106. The number of aliphatic hydroxyl groups excluding tert-OH is 1. The zero-order valence-electron chi connectivity index (χ0n) is 13.7. The van der Waals surface area contributed by atoms with Gasteiger partial charge in [0.1, 0.15) is 0 Å². The number of hydrogen-bond donors (Lipinski definition) is 1. The van der Waals surface area contributed by atoms with Crippen molar-refractivity contribution in [3.05, 3.63) is 71.0 Å². The van der Waals surface area contributed by atoms with E-state index in [0.717, 1.165) is 27.7 Å². The van der Waals surface area contributed by atoms with Gasteiger partial charge in [-0.05, 0) is 23.8 Å². The van der Waals surface area contributed by atoms with Crippen LogP contribution >= 0.6 is 11.6 Å². The zero-order chi connectivity index (χ0) is 17.4. The molecule has 0 radical (unpaired) electrons. The van der Waals surface area contributed by atoms with E-state index in [9.17, 15) is 5.11 Å². The van der Waals surface area contributed by atoms with Crippen LogP contribution in [0.4, 0.5) is 0 Å². The van der Waals surface area contributed by atoms with Gasteiger partial charge in [-0.2, -0.15) is 10.2 Å². The summed E-state index contributed by atoms with van der Waals surface area (Å²) in [6.45, 7) is 0.428. The Morgan fingerprint density at radius 2 is 1.96 bits per heavy atom. The van der Waals surface area contributed by atoms with Crippen LogP contribution in [0.2, 0.25) is 5.02 Å². The van der Waals surface area contributed by atoms with Gasteiger partial charge >= 0.3 is 0 Å². The summed E-state index contributed by atoms with van der Waals surface area (Å²) in [6.07, 6.45) is 1.86. The quantitative estimate of drug-likeness (QED) is 0.610. The van der Waals surface area contributed by atoms with Crippen molar-refractivity contribution in [2.24, 2.45) is 7.05 Å². The van der Waals surface area contributed by atoms with Crippen molar-refractivity contribution in [2.45, 2.75) is 13.2 Å². The lowest BCUT2D eigenvalue weighted by Gasteiger charge is -2.10. The van der Waals surface area contributed by atoms with Crippen molar-refractivity contribution in [3.63, 3.8) is 0 Å². The molecule has 5 nitrogen and oxygen atoms in total. The lowest BCUT2D eigenvalue weighted by molar-refractivity contribution is 0.275. The fourth-order valence-corrected chi connectivity index (χ4v) is 3.27. The van der Waals surface area contributed by atoms with Crippen LogP contribution in [0.25, 0.3) is 22.2 Å². The molecule has 126 valence electrons. The topological polar surface area (TPSA) is 55.9 Å². The van der Waals surface area contributed by atoms with E-state index in [4.69, 9.17) is 11.6 Å². The average molecular weight is 353 g/mol. The summed E-state index contributed by atoms with van der Waals surface area (Å²) in [5.74, 6) is 0. The Kier molecular flexibility index (Phi) is 4.03. The number of aryl methyl sites for hydroxylation is 1. The van der Waals surface area contributed by atoms with Gasteiger partial charge in [0.15, 0.2) is 0 Å². The third kappa shape index (κ3) is 2.81. The normalized spacial score (nSPS) is 11.3. The summed E-state index contributed by atoms with van der Waals surface area (Å²) in [5, 5.41) is 20.2. The lowest BCUT2D eigenvalue weighted by atomic mass is 10.1. The minimum Gasteiger partial charge on any atom is -0.390 e. The molecule has 0 fully saturated rings. The summed E-state index contributed by atoms with van der Waals surface area (Å²) in [4.78, 5) is 0. The van der Waals surface area contributed by atoms with Crippen LogP contribution in [-0.2, 0) is 20.2 Å². The summed E-state index contributed by atoms with van der Waals surface area (Å²) >= 11 is 6.31. The standard InChI is InChI=1S/C19H17ClN4O/c1-23-18-8-4-6-15(16(18)10-21-23)19-9-14(12-25)22-24(19)11-13-5-2-3-7-17(13)20/h2-10,25H,11-12H2,1H3. The summed E-state index contributed by atoms with van der Waals surface area (Å²) in [6, 6.07) is 15.7. The monoisotopic (exact) mass is 352 g/mol. The van der Waals surface area contributed by atoms with E-state index < -0.39 is 0 Å². The minimum atomic E-state index is -0.106. The van der Waals surface area contributed by atoms with E-state index in [1.54, 1.807) is 0 Å². The molecule has 0 unspecified atom stereocenters. The van der Waals surface area contributed by atoms with Gasteiger partial charge in [-0.3, -0.25) is 9.36 Å². The number of halogens is 1.